The van der Waals surface area contributed by atoms with Gasteiger partial charge in [0, 0.05) is 10.0 Å². The fourth-order valence-corrected chi connectivity index (χ4v) is 2.75. The number of hydrogen-bond acceptors (Lipinski definition) is 4. The Bertz CT molecular complexity index is 634. The lowest BCUT2D eigenvalue weighted by Crippen LogP contribution is -2.11. The van der Waals surface area contributed by atoms with E-state index in [2.05, 4.69) is 26.2 Å². The van der Waals surface area contributed by atoms with Crippen molar-refractivity contribution in [1.29, 1.82) is 0 Å². The fraction of sp³-hybridized carbons (Fsp3) is 0.0833. The van der Waals surface area contributed by atoms with Crippen LogP contribution in [0.3, 0.4) is 0 Å². The highest BCUT2D eigenvalue weighted by Crippen LogP contribution is 2.20. The van der Waals surface area contributed by atoms with Crippen molar-refractivity contribution in [2.45, 2.75) is 6.92 Å². The van der Waals surface area contributed by atoms with Crippen molar-refractivity contribution >= 4 is 44.2 Å². The topological polar surface area (TPSA) is 85.1 Å². The molecule has 0 aliphatic heterocycles. The molecule has 0 aliphatic carbocycles. The smallest absolute Gasteiger partial charge is 0.260 e. The van der Waals surface area contributed by atoms with E-state index >= 15 is 0 Å². The van der Waals surface area contributed by atoms with E-state index < -0.39 is 5.91 Å². The number of aromatic nitrogens is 1. The van der Waals surface area contributed by atoms with Gasteiger partial charge in [-0.15, -0.1) is 0 Å². The number of hydrogen-bond donors (Lipinski definition) is 2. The van der Waals surface area contributed by atoms with Crippen molar-refractivity contribution in [2.75, 3.05) is 5.32 Å². The SMILES string of the molecule is Cc1cc(Br)cc(C(=O)Nc2ncc(C(N)=O)s2)c1. The number of nitrogens with two attached hydrogens (primary N) is 1. The first kappa shape index (κ1) is 13.7. The standard InChI is InChI=1S/C12H10BrN3O2S/c1-6-2-7(4-8(13)3-6)11(18)16-12-15-5-9(19-12)10(14)17/h2-5H,1H3,(H2,14,17)(H,15,16,18). The largest absolute Gasteiger partial charge is 0.365 e. The van der Waals surface area contributed by atoms with Gasteiger partial charge in [-0.2, -0.15) is 0 Å². The highest BCUT2D eigenvalue weighted by atomic mass is 79.9. The Labute approximate surface area is 122 Å². The molecule has 0 atom stereocenters. The number of thiazole rings is 1. The van der Waals surface area contributed by atoms with Crippen LogP contribution in [0.15, 0.2) is 28.9 Å². The van der Waals surface area contributed by atoms with E-state index in [1.165, 1.54) is 6.20 Å². The maximum Gasteiger partial charge on any atom is 0.260 e. The minimum Gasteiger partial charge on any atom is -0.365 e. The maximum absolute atomic E-state index is 12.0. The van der Waals surface area contributed by atoms with Crippen molar-refractivity contribution < 1.29 is 9.59 Å². The molecule has 0 saturated heterocycles. The van der Waals surface area contributed by atoms with Gasteiger partial charge in [0.2, 0.25) is 0 Å². The van der Waals surface area contributed by atoms with E-state index in [0.29, 0.717) is 15.6 Å². The molecule has 7 heteroatoms. The van der Waals surface area contributed by atoms with Crippen LogP contribution in [-0.2, 0) is 0 Å². The van der Waals surface area contributed by atoms with Crippen LogP contribution in [0.4, 0.5) is 5.13 Å². The molecule has 19 heavy (non-hydrogen) atoms. The Morgan fingerprint density at radius 3 is 2.68 bits per heavy atom. The first-order valence-corrected chi connectivity index (χ1v) is 6.91. The fourth-order valence-electron chi connectivity index (χ4n) is 1.48. The summed E-state index contributed by atoms with van der Waals surface area (Å²) in [5.41, 5.74) is 6.61. The molecule has 98 valence electrons. The first-order valence-electron chi connectivity index (χ1n) is 5.30. The Kier molecular flexibility index (Phi) is 3.96. The van der Waals surface area contributed by atoms with Crippen LogP contribution in [0.5, 0.6) is 0 Å². The molecule has 0 fully saturated rings. The number of primary amides is 1. The van der Waals surface area contributed by atoms with Gasteiger partial charge < -0.3 is 5.73 Å². The lowest BCUT2D eigenvalue weighted by atomic mass is 10.1. The summed E-state index contributed by atoms with van der Waals surface area (Å²) in [5, 5.41) is 2.97. The van der Waals surface area contributed by atoms with Crippen LogP contribution in [-0.4, -0.2) is 16.8 Å². The van der Waals surface area contributed by atoms with Gasteiger partial charge in [-0.25, -0.2) is 4.98 Å². The molecule has 1 aromatic carbocycles. The predicted molar refractivity (Wildman–Crippen MR) is 77.5 cm³/mol. The number of carbonyl (C=O) groups excluding carboxylic acids is 2. The molecule has 2 aromatic rings. The number of carbonyl (C=O) groups is 2. The molecule has 5 nitrogen and oxygen atoms in total. The molecule has 1 aromatic heterocycles. The van der Waals surface area contributed by atoms with Crippen molar-refractivity contribution in [2.24, 2.45) is 5.73 Å². The summed E-state index contributed by atoms with van der Waals surface area (Å²) in [6.45, 7) is 1.90. The number of aryl methyl sites for hydroxylation is 1. The van der Waals surface area contributed by atoms with Gasteiger partial charge in [0.1, 0.15) is 4.88 Å². The summed E-state index contributed by atoms with van der Waals surface area (Å²) in [5.74, 6) is -0.842. The van der Waals surface area contributed by atoms with Gasteiger partial charge in [0.15, 0.2) is 5.13 Å². The van der Waals surface area contributed by atoms with Crippen LogP contribution in [0.2, 0.25) is 0 Å². The van der Waals surface area contributed by atoms with Crippen LogP contribution >= 0.6 is 27.3 Å². The average Bonchev–Trinajstić information content (AvgIpc) is 2.76. The van der Waals surface area contributed by atoms with Gasteiger partial charge in [-0.3, -0.25) is 14.9 Å². The van der Waals surface area contributed by atoms with E-state index in [0.717, 1.165) is 21.4 Å². The second kappa shape index (κ2) is 5.50. The molecular weight excluding hydrogens is 330 g/mol. The summed E-state index contributed by atoms with van der Waals surface area (Å²) in [6.07, 6.45) is 1.34. The van der Waals surface area contributed by atoms with E-state index in [1.807, 2.05) is 13.0 Å². The molecule has 0 unspecified atom stereocenters. The Morgan fingerprint density at radius 2 is 2.11 bits per heavy atom. The molecule has 3 N–H and O–H groups in total. The summed E-state index contributed by atoms with van der Waals surface area (Å²) < 4.78 is 0.828. The zero-order valence-electron chi connectivity index (χ0n) is 9.94. The lowest BCUT2D eigenvalue weighted by molar-refractivity contribution is 0.100. The van der Waals surface area contributed by atoms with E-state index in [1.54, 1.807) is 12.1 Å². The number of nitrogens with one attached hydrogen (secondary N) is 1. The number of rotatable bonds is 3. The van der Waals surface area contributed by atoms with Crippen molar-refractivity contribution in [3.63, 3.8) is 0 Å². The number of amides is 2. The summed E-state index contributed by atoms with van der Waals surface area (Å²) in [6, 6.07) is 5.39. The molecule has 0 aliphatic rings. The van der Waals surface area contributed by atoms with Crippen molar-refractivity contribution in [1.82, 2.24) is 4.98 Å². The third-order valence-electron chi connectivity index (χ3n) is 2.27. The maximum atomic E-state index is 12.0. The average molecular weight is 340 g/mol. The minimum absolute atomic E-state index is 0.283. The zero-order chi connectivity index (χ0) is 14.0. The minimum atomic E-state index is -0.559. The van der Waals surface area contributed by atoms with Gasteiger partial charge in [0.05, 0.1) is 6.20 Å². The van der Waals surface area contributed by atoms with Gasteiger partial charge in [0.25, 0.3) is 11.8 Å². The molecule has 0 spiro atoms. The molecule has 0 radical (unpaired) electrons. The lowest BCUT2D eigenvalue weighted by Gasteiger charge is -2.03. The van der Waals surface area contributed by atoms with Gasteiger partial charge in [-0.05, 0) is 30.7 Å². The quantitative estimate of drug-likeness (QED) is 0.900. The molecular formula is C12H10BrN3O2S. The van der Waals surface area contributed by atoms with Gasteiger partial charge in [-0.1, -0.05) is 27.3 Å². The zero-order valence-corrected chi connectivity index (χ0v) is 12.3. The monoisotopic (exact) mass is 339 g/mol. The molecule has 2 amide bonds. The molecule has 2 rings (SSSR count). The third kappa shape index (κ3) is 3.39. The van der Waals surface area contributed by atoms with Crippen LogP contribution in [0.1, 0.15) is 25.6 Å². The van der Waals surface area contributed by atoms with E-state index in [4.69, 9.17) is 5.73 Å². The van der Waals surface area contributed by atoms with E-state index in [-0.39, 0.29) is 5.91 Å². The summed E-state index contributed by atoms with van der Waals surface area (Å²) >= 11 is 4.38. The molecule has 0 bridgehead atoms. The highest BCUT2D eigenvalue weighted by molar-refractivity contribution is 9.10. The van der Waals surface area contributed by atoms with Crippen molar-refractivity contribution in [3.8, 4) is 0 Å². The highest BCUT2D eigenvalue weighted by Gasteiger charge is 2.12. The van der Waals surface area contributed by atoms with Gasteiger partial charge >= 0.3 is 0 Å². The number of benzene rings is 1. The van der Waals surface area contributed by atoms with Crippen LogP contribution < -0.4 is 11.1 Å². The Hall–Kier alpha value is -1.73. The Morgan fingerprint density at radius 1 is 1.37 bits per heavy atom. The van der Waals surface area contributed by atoms with Crippen LogP contribution in [0, 0.1) is 6.92 Å². The normalized spacial score (nSPS) is 10.2. The van der Waals surface area contributed by atoms with E-state index in [9.17, 15) is 9.59 Å². The third-order valence-corrected chi connectivity index (χ3v) is 3.66. The second-order valence-corrected chi connectivity index (χ2v) is 5.81. The second-order valence-electron chi connectivity index (χ2n) is 3.87. The number of nitrogens with zero attached hydrogens (tertiary/aromatic N) is 1. The summed E-state index contributed by atoms with van der Waals surface area (Å²) in [4.78, 5) is 27.2. The number of anilines is 1. The summed E-state index contributed by atoms with van der Waals surface area (Å²) in [7, 11) is 0. The molecule has 0 saturated carbocycles. The van der Waals surface area contributed by atoms with Crippen LogP contribution in [0.25, 0.3) is 0 Å². The molecule has 1 heterocycles. The number of halogens is 1. The van der Waals surface area contributed by atoms with Crippen molar-refractivity contribution in [3.05, 3.63) is 44.9 Å². The first-order chi connectivity index (χ1) is 8.95. The Balaban J connectivity index is 2.18. The predicted octanol–water partition coefficient (Wildman–Crippen LogP) is 2.57.